The minimum Gasteiger partial charge on any atom is -0.470 e. The van der Waals surface area contributed by atoms with E-state index in [1.54, 1.807) is 12.4 Å². The Kier molecular flexibility index (Phi) is 5.26. The highest BCUT2D eigenvalue weighted by Crippen LogP contribution is 2.45. The molecular formula is C22H29N7O3. The monoisotopic (exact) mass is 439 g/mol. The lowest BCUT2D eigenvalue weighted by Gasteiger charge is -2.47. The Morgan fingerprint density at radius 3 is 2.53 bits per heavy atom. The van der Waals surface area contributed by atoms with Gasteiger partial charge in [0.25, 0.3) is 0 Å². The molecule has 2 atom stereocenters. The minimum atomic E-state index is -0.946. The number of ether oxygens (including phenoxy) is 1. The first-order chi connectivity index (χ1) is 15.1. The van der Waals surface area contributed by atoms with Crippen molar-refractivity contribution in [1.82, 2.24) is 34.4 Å². The molecule has 4 rings (SSSR count). The van der Waals surface area contributed by atoms with Crippen molar-refractivity contribution in [3.63, 3.8) is 0 Å². The molecule has 1 aliphatic heterocycles. The Hall–Kier alpha value is -3.30. The van der Waals surface area contributed by atoms with Gasteiger partial charge in [-0.1, -0.05) is 20.8 Å². The number of aryl methyl sites for hydroxylation is 2. The molecule has 32 heavy (non-hydrogen) atoms. The van der Waals surface area contributed by atoms with Crippen LogP contribution in [0.3, 0.4) is 0 Å². The van der Waals surface area contributed by atoms with Crippen molar-refractivity contribution in [3.8, 4) is 17.3 Å². The second-order valence-corrected chi connectivity index (χ2v) is 9.28. The zero-order valence-corrected chi connectivity index (χ0v) is 19.3. The summed E-state index contributed by atoms with van der Waals surface area (Å²) in [4.78, 5) is 35.6. The number of carboxylic acid groups (broad SMARTS) is 1. The summed E-state index contributed by atoms with van der Waals surface area (Å²) < 4.78 is 8.39. The summed E-state index contributed by atoms with van der Waals surface area (Å²) in [6, 6.07) is 0. The van der Waals surface area contributed by atoms with E-state index < -0.39 is 11.6 Å². The average Bonchev–Trinajstić information content (AvgIpc) is 3.27. The summed E-state index contributed by atoms with van der Waals surface area (Å²) >= 11 is 0. The molecule has 3 aromatic rings. The van der Waals surface area contributed by atoms with Crippen LogP contribution in [0.2, 0.25) is 0 Å². The van der Waals surface area contributed by atoms with E-state index in [1.165, 1.54) is 11.2 Å². The van der Waals surface area contributed by atoms with E-state index in [0.717, 1.165) is 5.56 Å². The minimum absolute atomic E-state index is 0.351. The lowest BCUT2D eigenvalue weighted by molar-refractivity contribution is -0.0179. The van der Waals surface area contributed by atoms with E-state index >= 15 is 0 Å². The Morgan fingerprint density at radius 2 is 1.94 bits per heavy atom. The number of rotatable bonds is 4. The quantitative estimate of drug-likeness (QED) is 0.655. The van der Waals surface area contributed by atoms with Gasteiger partial charge >= 0.3 is 6.09 Å². The van der Waals surface area contributed by atoms with Gasteiger partial charge in [0.15, 0.2) is 11.2 Å². The number of nitrogens with zero attached hydrogens (tertiary/aromatic N) is 7. The van der Waals surface area contributed by atoms with Crippen molar-refractivity contribution >= 4 is 17.3 Å². The van der Waals surface area contributed by atoms with Crippen LogP contribution in [-0.2, 0) is 6.54 Å². The normalized spacial score (nSPS) is 21.3. The third kappa shape index (κ3) is 3.34. The molecule has 170 valence electrons. The first-order valence-electron chi connectivity index (χ1n) is 10.8. The van der Waals surface area contributed by atoms with E-state index in [0.29, 0.717) is 48.2 Å². The van der Waals surface area contributed by atoms with Crippen LogP contribution in [0.5, 0.6) is 5.88 Å². The van der Waals surface area contributed by atoms with Crippen molar-refractivity contribution in [2.75, 3.05) is 6.54 Å². The summed E-state index contributed by atoms with van der Waals surface area (Å²) in [6.07, 6.45) is 4.18. The highest BCUT2D eigenvalue weighted by atomic mass is 16.5. The maximum Gasteiger partial charge on any atom is 0.407 e. The first kappa shape index (κ1) is 21.9. The molecule has 0 radical (unpaired) electrons. The number of imidazole rings is 1. The van der Waals surface area contributed by atoms with Crippen molar-refractivity contribution in [3.05, 3.63) is 24.5 Å². The van der Waals surface area contributed by atoms with Crippen LogP contribution in [0.25, 0.3) is 22.6 Å². The maximum atomic E-state index is 12.0. The molecular weight excluding hydrogens is 410 g/mol. The number of amides is 1. The fraction of sp³-hybridized carbons (Fsp3) is 0.545. The van der Waals surface area contributed by atoms with Crippen LogP contribution < -0.4 is 4.74 Å². The standard InChI is InChI=1S/C22H29N7O3/c1-7-28-17(14-10-23-13(2)24-11-14)27-16-18(28)25-12-26-19(16)32-15-8-9-29(20(30)31)22(15,6)21(3,4)5/h10-12,15H,7-9H2,1-6H3,(H,30,31). The molecule has 0 bridgehead atoms. The number of fused-ring (bicyclic) bond motifs is 1. The van der Waals surface area contributed by atoms with Crippen molar-refractivity contribution < 1.29 is 14.6 Å². The van der Waals surface area contributed by atoms with Crippen LogP contribution >= 0.6 is 0 Å². The van der Waals surface area contributed by atoms with Gasteiger partial charge < -0.3 is 14.4 Å². The molecule has 0 aromatic carbocycles. The molecule has 1 N–H and O–H groups in total. The summed E-state index contributed by atoms with van der Waals surface area (Å²) in [5.41, 5.74) is 0.871. The zero-order valence-electron chi connectivity index (χ0n) is 19.3. The average molecular weight is 440 g/mol. The van der Waals surface area contributed by atoms with Crippen LogP contribution in [-0.4, -0.2) is 63.8 Å². The van der Waals surface area contributed by atoms with Gasteiger partial charge in [0, 0.05) is 31.9 Å². The maximum absolute atomic E-state index is 12.0. The van der Waals surface area contributed by atoms with E-state index in [1.807, 2.05) is 46.1 Å². The topological polar surface area (TPSA) is 119 Å². The van der Waals surface area contributed by atoms with Gasteiger partial charge in [0.2, 0.25) is 5.88 Å². The Labute approximate surface area is 186 Å². The molecule has 10 heteroatoms. The van der Waals surface area contributed by atoms with Gasteiger partial charge in [-0.2, -0.15) is 4.98 Å². The molecule has 3 aromatic heterocycles. The van der Waals surface area contributed by atoms with Crippen LogP contribution in [0.15, 0.2) is 18.7 Å². The van der Waals surface area contributed by atoms with Crippen LogP contribution in [0.4, 0.5) is 4.79 Å². The van der Waals surface area contributed by atoms with E-state index in [-0.39, 0.29) is 11.5 Å². The van der Waals surface area contributed by atoms with E-state index in [2.05, 4.69) is 19.9 Å². The van der Waals surface area contributed by atoms with Gasteiger partial charge in [-0.15, -0.1) is 0 Å². The second kappa shape index (κ2) is 7.68. The zero-order chi connectivity index (χ0) is 23.3. The Balaban J connectivity index is 1.79. The predicted octanol–water partition coefficient (Wildman–Crippen LogP) is 3.55. The summed E-state index contributed by atoms with van der Waals surface area (Å²) in [5, 5.41) is 9.80. The molecule has 2 unspecified atom stereocenters. The summed E-state index contributed by atoms with van der Waals surface area (Å²) in [5.74, 6) is 1.72. The van der Waals surface area contributed by atoms with Gasteiger partial charge in [-0.25, -0.2) is 24.7 Å². The molecule has 1 fully saturated rings. The molecule has 1 aliphatic rings. The third-order valence-electron chi connectivity index (χ3n) is 6.66. The van der Waals surface area contributed by atoms with Crippen molar-refractivity contribution in [2.45, 2.75) is 66.2 Å². The smallest absolute Gasteiger partial charge is 0.407 e. The number of likely N-dealkylation sites (tertiary alicyclic amines) is 1. The number of hydrogen-bond acceptors (Lipinski definition) is 7. The number of carbonyl (C=O) groups is 1. The summed E-state index contributed by atoms with van der Waals surface area (Å²) in [6.45, 7) is 12.9. The van der Waals surface area contributed by atoms with Gasteiger partial charge in [0.1, 0.15) is 24.1 Å². The van der Waals surface area contributed by atoms with E-state index in [4.69, 9.17) is 9.72 Å². The molecule has 4 heterocycles. The van der Waals surface area contributed by atoms with Crippen molar-refractivity contribution in [2.24, 2.45) is 5.41 Å². The second-order valence-electron chi connectivity index (χ2n) is 9.28. The van der Waals surface area contributed by atoms with E-state index in [9.17, 15) is 9.90 Å². The third-order valence-corrected chi connectivity index (χ3v) is 6.66. The van der Waals surface area contributed by atoms with Crippen molar-refractivity contribution in [1.29, 1.82) is 0 Å². The Morgan fingerprint density at radius 1 is 1.25 bits per heavy atom. The predicted molar refractivity (Wildman–Crippen MR) is 118 cm³/mol. The highest BCUT2D eigenvalue weighted by molar-refractivity contribution is 5.81. The molecule has 0 aliphatic carbocycles. The highest BCUT2D eigenvalue weighted by Gasteiger charge is 2.56. The van der Waals surface area contributed by atoms with Crippen LogP contribution in [0.1, 0.15) is 46.9 Å². The van der Waals surface area contributed by atoms with Gasteiger partial charge in [-0.05, 0) is 26.2 Å². The number of hydrogen-bond donors (Lipinski definition) is 1. The SMILES string of the molecule is CCn1c(-c2cnc(C)nc2)nc2c(OC3CCN(C(=O)O)C3(C)C(C)(C)C)ncnc21. The lowest BCUT2D eigenvalue weighted by atomic mass is 9.71. The fourth-order valence-corrected chi connectivity index (χ4v) is 4.45. The van der Waals surface area contributed by atoms with Gasteiger partial charge in [-0.3, -0.25) is 4.90 Å². The molecule has 10 nitrogen and oxygen atoms in total. The number of aromatic nitrogens is 6. The molecule has 1 amide bonds. The largest absolute Gasteiger partial charge is 0.470 e. The molecule has 1 saturated heterocycles. The lowest BCUT2D eigenvalue weighted by Crippen LogP contribution is -2.59. The van der Waals surface area contributed by atoms with Crippen LogP contribution in [0, 0.1) is 12.3 Å². The molecule has 0 spiro atoms. The fourth-order valence-electron chi connectivity index (χ4n) is 4.45. The summed E-state index contributed by atoms with van der Waals surface area (Å²) in [7, 11) is 0. The molecule has 0 saturated carbocycles. The first-order valence-corrected chi connectivity index (χ1v) is 10.8. The van der Waals surface area contributed by atoms with Gasteiger partial charge in [0.05, 0.1) is 11.1 Å². The Bertz CT molecular complexity index is 1150.